The van der Waals surface area contributed by atoms with Crippen LogP contribution in [0, 0.1) is 40.9 Å². The maximum absolute atomic E-state index is 13.8. The first kappa shape index (κ1) is 52.8. The first-order chi connectivity index (χ1) is 31.2. The Morgan fingerprint density at radius 1 is 0.846 bits per heavy atom. The van der Waals surface area contributed by atoms with Crippen LogP contribution >= 0.6 is 11.8 Å². The fourth-order valence-electron chi connectivity index (χ4n) is 12.1. The van der Waals surface area contributed by atoms with Gasteiger partial charge in [-0.25, -0.2) is 4.79 Å². The summed E-state index contributed by atoms with van der Waals surface area (Å²) in [5.41, 5.74) is 17.1. The molecule has 13 atom stereocenters. The Kier molecular flexibility index (Phi) is 21.0. The van der Waals surface area contributed by atoms with Crippen LogP contribution in [0.3, 0.4) is 0 Å². The molecule has 3 saturated carbocycles. The molecule has 0 radical (unpaired) electrons. The normalized spacial score (nSPS) is 32.4. The third kappa shape index (κ3) is 14.9. The molecule has 17 heteroatoms. The van der Waals surface area contributed by atoms with E-state index < -0.39 is 0 Å². The van der Waals surface area contributed by atoms with Gasteiger partial charge in [0.05, 0.1) is 31.3 Å². The molecule has 0 spiro atoms. The van der Waals surface area contributed by atoms with Gasteiger partial charge < -0.3 is 52.3 Å². The second-order valence-corrected chi connectivity index (χ2v) is 21.4. The molecule has 5 aliphatic rings. The molecular formula is C48H83N7O9S. The van der Waals surface area contributed by atoms with Gasteiger partial charge in [0, 0.05) is 69.0 Å². The molecule has 0 aromatic rings. The zero-order chi connectivity index (χ0) is 47.1. The van der Waals surface area contributed by atoms with Gasteiger partial charge in [-0.1, -0.05) is 40.5 Å². The number of unbranched alkanes of at least 4 members (excludes halogenated alkanes) is 1. The highest BCUT2D eigenvalue weighted by atomic mass is 32.2. The van der Waals surface area contributed by atoms with Gasteiger partial charge in [0.25, 0.3) is 0 Å². The number of thioether (sulfide) groups is 1. The lowest BCUT2D eigenvalue weighted by molar-refractivity contribution is -0.184. The fraction of sp³-hybridized carbons (Fsp3) is 0.875. The molecule has 5 rings (SSSR count). The van der Waals surface area contributed by atoms with Crippen molar-refractivity contribution >= 4 is 47.5 Å². The van der Waals surface area contributed by atoms with E-state index in [0.717, 1.165) is 57.1 Å². The Labute approximate surface area is 392 Å². The number of nitrogens with zero attached hydrogens (tertiary/aromatic N) is 1. The number of esters is 3. The lowest BCUT2D eigenvalue weighted by atomic mass is 9.48. The van der Waals surface area contributed by atoms with E-state index in [9.17, 15) is 28.8 Å². The van der Waals surface area contributed by atoms with E-state index in [-0.39, 0.29) is 146 Å². The van der Waals surface area contributed by atoms with Crippen molar-refractivity contribution in [2.45, 2.75) is 179 Å². The highest BCUT2D eigenvalue weighted by molar-refractivity contribution is 8.00. The topological polar surface area (TPSA) is 248 Å². The Morgan fingerprint density at radius 3 is 2.23 bits per heavy atom. The van der Waals surface area contributed by atoms with Crippen LogP contribution in [-0.4, -0.2) is 121 Å². The zero-order valence-electron chi connectivity index (χ0n) is 39.9. The van der Waals surface area contributed by atoms with E-state index in [0.29, 0.717) is 69.8 Å². The number of rotatable bonds is 23. The average Bonchev–Trinajstić information content (AvgIpc) is 3.83. The van der Waals surface area contributed by atoms with Crippen LogP contribution in [-0.2, 0) is 38.2 Å². The maximum atomic E-state index is 13.8. The van der Waals surface area contributed by atoms with Crippen LogP contribution in [0.1, 0.15) is 143 Å². The van der Waals surface area contributed by atoms with Crippen LogP contribution in [0.5, 0.6) is 0 Å². The molecule has 2 heterocycles. The summed E-state index contributed by atoms with van der Waals surface area (Å²) < 4.78 is 18.6. The molecular weight excluding hydrogens is 851 g/mol. The molecule has 2 aliphatic heterocycles. The van der Waals surface area contributed by atoms with E-state index >= 15 is 0 Å². The highest BCUT2D eigenvalue weighted by Crippen LogP contribution is 2.60. The summed E-state index contributed by atoms with van der Waals surface area (Å²) in [6.45, 7) is 11.0. The summed E-state index contributed by atoms with van der Waals surface area (Å²) in [6, 6.07) is 0.288. The first-order valence-corrected chi connectivity index (χ1v) is 26.2. The number of nitrogens with one attached hydrogen (secondary N) is 3. The van der Waals surface area contributed by atoms with Gasteiger partial charge in [-0.3, -0.25) is 24.0 Å². The Balaban J connectivity index is 1.20. The monoisotopic (exact) mass is 934 g/mol. The summed E-state index contributed by atoms with van der Waals surface area (Å²) in [6.07, 6.45) is 10.4. The summed E-state index contributed by atoms with van der Waals surface area (Å²) >= 11 is 1.88. The zero-order valence-corrected chi connectivity index (χ0v) is 40.7. The number of hydrogen-bond acceptors (Lipinski definition) is 13. The smallest absolute Gasteiger partial charge is 0.315 e. The highest BCUT2D eigenvalue weighted by Gasteiger charge is 2.57. The lowest BCUT2D eigenvalue weighted by Crippen LogP contribution is -2.56. The standard InChI is InChI=1S/C48H83N7O9S/c1-5-23-55(24-22-52-40(56)9-7-6-8-39-46-37(29-65-39)53-47(61)54-46)41(57)13-11-30(2)32-12-10-31(3)45-36(28-35(25-32)63-43(59)16-20-50)48(4)18-14-34(62-42(58)15-19-49)26-33(48)27-38(45)64-44(60)17-21-51/h30-39,45-46H,5-29,49-51H2,1-4H3,(H,52,56)(H2,53,54,61)/t30-,31?,32?,33?,34-,35?,36?,37?,38-,39+,45?,46?,48+/m1/s1. The predicted molar refractivity (Wildman–Crippen MR) is 251 cm³/mol. The van der Waals surface area contributed by atoms with E-state index in [1.807, 2.05) is 16.7 Å². The predicted octanol–water partition coefficient (Wildman–Crippen LogP) is 4.53. The molecule has 5 fully saturated rings. The molecule has 4 amide bonds. The minimum Gasteiger partial charge on any atom is -0.462 e. The number of ether oxygens (including phenoxy) is 3. The van der Waals surface area contributed by atoms with Crippen LogP contribution in [0.2, 0.25) is 0 Å². The van der Waals surface area contributed by atoms with Crippen LogP contribution < -0.4 is 33.2 Å². The summed E-state index contributed by atoms with van der Waals surface area (Å²) in [5, 5.41) is 9.41. The minimum atomic E-state index is -0.382. The number of carbonyl (C=O) groups excluding carboxylic acids is 6. The van der Waals surface area contributed by atoms with Gasteiger partial charge in [0.15, 0.2) is 0 Å². The number of nitrogens with two attached hydrogens (primary N) is 3. The minimum absolute atomic E-state index is 0.00707. The van der Waals surface area contributed by atoms with E-state index in [4.69, 9.17) is 31.4 Å². The Morgan fingerprint density at radius 2 is 1.54 bits per heavy atom. The first-order valence-electron chi connectivity index (χ1n) is 25.1. The Bertz CT molecular complexity index is 1590. The molecule has 16 nitrogen and oxygen atoms in total. The van der Waals surface area contributed by atoms with Gasteiger partial charge in [-0.2, -0.15) is 11.8 Å². The maximum Gasteiger partial charge on any atom is 0.315 e. The van der Waals surface area contributed by atoms with Gasteiger partial charge in [0.2, 0.25) is 11.8 Å². The van der Waals surface area contributed by atoms with Gasteiger partial charge in [0.1, 0.15) is 18.3 Å². The van der Waals surface area contributed by atoms with Crippen molar-refractivity contribution in [2.24, 2.45) is 58.1 Å². The molecule has 0 bridgehead atoms. The molecule has 3 aliphatic carbocycles. The van der Waals surface area contributed by atoms with Crippen molar-refractivity contribution in [1.29, 1.82) is 0 Å². The summed E-state index contributed by atoms with van der Waals surface area (Å²) in [5.74, 6) is 0.851. The van der Waals surface area contributed by atoms with E-state index in [1.54, 1.807) is 0 Å². The number of fused-ring (bicyclic) bond motifs is 4. The number of carbonyl (C=O) groups is 6. The van der Waals surface area contributed by atoms with Crippen molar-refractivity contribution in [3.63, 3.8) is 0 Å². The largest absolute Gasteiger partial charge is 0.462 e. The number of urea groups is 1. The van der Waals surface area contributed by atoms with Crippen molar-refractivity contribution < 1.29 is 43.0 Å². The molecule has 8 unspecified atom stereocenters. The van der Waals surface area contributed by atoms with E-state index in [1.165, 1.54) is 0 Å². The van der Waals surface area contributed by atoms with Gasteiger partial charge in [-0.15, -0.1) is 0 Å². The summed E-state index contributed by atoms with van der Waals surface area (Å²) in [7, 11) is 0. The van der Waals surface area contributed by atoms with E-state index in [2.05, 4.69) is 43.6 Å². The summed E-state index contributed by atoms with van der Waals surface area (Å²) in [4.78, 5) is 79.0. The molecule has 9 N–H and O–H groups in total. The molecule has 370 valence electrons. The Hall–Kier alpha value is -3.15. The van der Waals surface area contributed by atoms with Crippen molar-refractivity contribution in [1.82, 2.24) is 20.9 Å². The van der Waals surface area contributed by atoms with Gasteiger partial charge in [-0.05, 0) is 106 Å². The average molecular weight is 934 g/mol. The molecule has 0 aromatic heterocycles. The van der Waals surface area contributed by atoms with Crippen LogP contribution in [0.15, 0.2) is 0 Å². The second-order valence-electron chi connectivity index (χ2n) is 20.2. The van der Waals surface area contributed by atoms with Crippen molar-refractivity contribution in [3.8, 4) is 0 Å². The van der Waals surface area contributed by atoms with Crippen molar-refractivity contribution in [2.75, 3.05) is 45.0 Å². The third-order valence-electron chi connectivity index (χ3n) is 15.6. The quantitative estimate of drug-likeness (QED) is 0.0357. The van der Waals surface area contributed by atoms with Crippen molar-refractivity contribution in [3.05, 3.63) is 0 Å². The van der Waals surface area contributed by atoms with Crippen LogP contribution in [0.4, 0.5) is 4.79 Å². The number of hydrogen-bond donors (Lipinski definition) is 6. The van der Waals surface area contributed by atoms with Crippen LogP contribution in [0.25, 0.3) is 0 Å². The molecule has 2 saturated heterocycles. The number of amides is 4. The van der Waals surface area contributed by atoms with Gasteiger partial charge >= 0.3 is 23.9 Å². The fourth-order valence-corrected chi connectivity index (χ4v) is 13.6. The molecule has 65 heavy (non-hydrogen) atoms. The molecule has 0 aromatic carbocycles. The SMILES string of the molecule is CCCN(CCNC(=O)CCCC[C@@H]1SCC2NC(=O)NC21)C(=O)CC[C@@H](C)C1CCC(C)C2C(CC(OC(=O)CCN)C1)[C@@]1(C)CC[C@@H](OC(=O)CCN)CC1C[C@H]2OC(=O)CCN. The third-order valence-corrected chi connectivity index (χ3v) is 17.2. The second kappa shape index (κ2) is 25.8. The lowest BCUT2D eigenvalue weighted by Gasteiger charge is -2.58.